The number of aryl methyl sites for hydroxylation is 1. The molecule has 2 rings (SSSR count). The number of fused-ring (bicyclic) bond motifs is 1. The van der Waals surface area contributed by atoms with Crippen LogP contribution in [0.15, 0.2) is 18.2 Å². The van der Waals surface area contributed by atoms with Gasteiger partial charge in [-0.25, -0.2) is 4.79 Å². The van der Waals surface area contributed by atoms with E-state index in [2.05, 4.69) is 12.0 Å². The molecule has 1 amide bonds. The fourth-order valence-electron chi connectivity index (χ4n) is 2.29. The maximum Gasteiger partial charge on any atom is 0.407 e. The van der Waals surface area contributed by atoms with Crippen LogP contribution in [0.25, 0.3) is 0 Å². The molecule has 1 aromatic carbocycles. The Kier molecular flexibility index (Phi) is 3.34. The number of hydrogen-bond donors (Lipinski definition) is 1. The highest BCUT2D eigenvalue weighted by Crippen LogP contribution is 2.23. The summed E-state index contributed by atoms with van der Waals surface area (Å²) in [7, 11) is 0. The maximum absolute atomic E-state index is 10.9. The predicted molar refractivity (Wildman–Crippen MR) is 65.7 cm³/mol. The van der Waals surface area contributed by atoms with Crippen LogP contribution in [0.2, 0.25) is 0 Å². The Balaban J connectivity index is 2.23. The van der Waals surface area contributed by atoms with Crippen LogP contribution >= 0.6 is 0 Å². The summed E-state index contributed by atoms with van der Waals surface area (Å²) in [4.78, 5) is 12.4. The minimum absolute atomic E-state index is 0.495. The van der Waals surface area contributed by atoms with Crippen molar-refractivity contribution in [1.82, 2.24) is 4.90 Å². The predicted octanol–water partition coefficient (Wildman–Crippen LogP) is 2.29. The van der Waals surface area contributed by atoms with Gasteiger partial charge in [-0.15, -0.1) is 12.3 Å². The Hall–Kier alpha value is -1.95. The average Bonchev–Trinajstić information content (AvgIpc) is 2.35. The van der Waals surface area contributed by atoms with Crippen LogP contribution in [-0.2, 0) is 19.4 Å². The highest BCUT2D eigenvalue weighted by atomic mass is 16.4. The molecule has 0 saturated carbocycles. The smallest absolute Gasteiger partial charge is 0.407 e. The van der Waals surface area contributed by atoms with Crippen molar-refractivity contribution in [3.63, 3.8) is 0 Å². The molecule has 0 atom stereocenters. The van der Waals surface area contributed by atoms with Crippen molar-refractivity contribution < 1.29 is 9.90 Å². The number of carbonyl (C=O) groups is 1. The van der Waals surface area contributed by atoms with Crippen LogP contribution < -0.4 is 0 Å². The van der Waals surface area contributed by atoms with Crippen LogP contribution in [0.5, 0.6) is 0 Å². The van der Waals surface area contributed by atoms with Gasteiger partial charge >= 0.3 is 6.09 Å². The third-order valence-corrected chi connectivity index (χ3v) is 3.17. The van der Waals surface area contributed by atoms with Gasteiger partial charge in [0.15, 0.2) is 0 Å². The van der Waals surface area contributed by atoms with E-state index >= 15 is 0 Å². The largest absolute Gasteiger partial charge is 0.465 e. The zero-order valence-electron chi connectivity index (χ0n) is 9.65. The molecule has 1 aliphatic rings. The zero-order chi connectivity index (χ0) is 12.3. The minimum atomic E-state index is -0.843. The van der Waals surface area contributed by atoms with Gasteiger partial charge in [0.05, 0.1) is 0 Å². The van der Waals surface area contributed by atoms with Gasteiger partial charge in [0, 0.05) is 19.5 Å². The number of amides is 1. The molecule has 1 N–H and O–H groups in total. The van der Waals surface area contributed by atoms with Crippen LogP contribution in [0.1, 0.15) is 23.1 Å². The first-order valence-corrected chi connectivity index (χ1v) is 5.73. The van der Waals surface area contributed by atoms with Crippen molar-refractivity contribution in [2.24, 2.45) is 0 Å². The van der Waals surface area contributed by atoms with E-state index in [9.17, 15) is 4.79 Å². The van der Waals surface area contributed by atoms with Crippen LogP contribution in [0.3, 0.4) is 0 Å². The molecule has 88 valence electrons. The van der Waals surface area contributed by atoms with Gasteiger partial charge in [0.2, 0.25) is 0 Å². The van der Waals surface area contributed by atoms with E-state index in [4.69, 9.17) is 11.5 Å². The van der Waals surface area contributed by atoms with E-state index in [1.165, 1.54) is 16.0 Å². The van der Waals surface area contributed by atoms with Gasteiger partial charge in [-0.2, -0.15) is 0 Å². The number of hydrogen-bond acceptors (Lipinski definition) is 1. The molecule has 3 heteroatoms. The summed E-state index contributed by atoms with van der Waals surface area (Å²) in [5, 5.41) is 8.97. The van der Waals surface area contributed by atoms with Gasteiger partial charge < -0.3 is 10.0 Å². The fourth-order valence-corrected chi connectivity index (χ4v) is 2.29. The molecule has 0 radical (unpaired) electrons. The van der Waals surface area contributed by atoms with E-state index in [1.807, 2.05) is 12.1 Å². The molecule has 17 heavy (non-hydrogen) atoms. The van der Waals surface area contributed by atoms with E-state index < -0.39 is 6.09 Å². The number of carboxylic acid groups (broad SMARTS) is 1. The van der Waals surface area contributed by atoms with Crippen molar-refractivity contribution >= 4 is 6.09 Å². The number of nitrogens with zero attached hydrogens (tertiary/aromatic N) is 1. The Morgan fingerprint density at radius 2 is 2.35 bits per heavy atom. The minimum Gasteiger partial charge on any atom is -0.465 e. The lowest BCUT2D eigenvalue weighted by Gasteiger charge is -2.27. The molecule has 1 heterocycles. The lowest BCUT2D eigenvalue weighted by molar-refractivity contribution is 0.140. The van der Waals surface area contributed by atoms with Crippen LogP contribution in [0, 0.1) is 12.3 Å². The maximum atomic E-state index is 10.9. The SMILES string of the molecule is C#CCCc1cccc2c1CCN(C(=O)O)C2. The first-order chi connectivity index (χ1) is 8.22. The molecule has 1 aromatic rings. The van der Waals surface area contributed by atoms with Crippen LogP contribution in [0.4, 0.5) is 4.79 Å². The van der Waals surface area contributed by atoms with E-state index in [-0.39, 0.29) is 0 Å². The van der Waals surface area contributed by atoms with Gasteiger partial charge in [-0.1, -0.05) is 18.2 Å². The third kappa shape index (κ3) is 2.42. The second kappa shape index (κ2) is 4.92. The van der Waals surface area contributed by atoms with Crippen molar-refractivity contribution in [2.75, 3.05) is 6.54 Å². The Morgan fingerprint density at radius 1 is 1.53 bits per heavy atom. The highest BCUT2D eigenvalue weighted by molar-refractivity contribution is 5.65. The molecule has 0 fully saturated rings. The lowest BCUT2D eigenvalue weighted by atomic mass is 9.92. The quantitative estimate of drug-likeness (QED) is 0.790. The number of terminal acetylenes is 1. The molecule has 0 saturated heterocycles. The monoisotopic (exact) mass is 229 g/mol. The standard InChI is InChI=1S/C14H15NO2/c1-2-3-5-11-6-4-7-12-10-15(14(16)17)9-8-13(11)12/h1,4,6-7H,3,5,8-10H2,(H,16,17). The molecule has 0 unspecified atom stereocenters. The van der Waals surface area contributed by atoms with Crippen molar-refractivity contribution in [3.8, 4) is 12.3 Å². The third-order valence-electron chi connectivity index (χ3n) is 3.17. The summed E-state index contributed by atoms with van der Waals surface area (Å²) in [6.45, 7) is 1.07. The first kappa shape index (κ1) is 11.5. The molecular weight excluding hydrogens is 214 g/mol. The summed E-state index contributed by atoms with van der Waals surface area (Å²) in [5.74, 6) is 2.65. The first-order valence-electron chi connectivity index (χ1n) is 5.73. The second-order valence-electron chi connectivity index (χ2n) is 4.21. The van der Waals surface area contributed by atoms with Gasteiger partial charge in [-0.05, 0) is 29.5 Å². The molecule has 0 spiro atoms. The zero-order valence-corrected chi connectivity index (χ0v) is 9.65. The van der Waals surface area contributed by atoms with Gasteiger partial charge in [-0.3, -0.25) is 0 Å². The fraction of sp³-hybridized carbons (Fsp3) is 0.357. The Bertz CT molecular complexity index is 474. The van der Waals surface area contributed by atoms with Crippen LogP contribution in [-0.4, -0.2) is 22.6 Å². The summed E-state index contributed by atoms with van der Waals surface area (Å²) in [6, 6.07) is 6.08. The van der Waals surface area contributed by atoms with Gasteiger partial charge in [0.1, 0.15) is 0 Å². The highest BCUT2D eigenvalue weighted by Gasteiger charge is 2.21. The molecular formula is C14H15NO2. The number of benzene rings is 1. The topological polar surface area (TPSA) is 40.5 Å². The van der Waals surface area contributed by atoms with E-state index in [1.54, 1.807) is 0 Å². The van der Waals surface area contributed by atoms with Gasteiger partial charge in [0.25, 0.3) is 0 Å². The van der Waals surface area contributed by atoms with E-state index in [0.29, 0.717) is 13.1 Å². The summed E-state index contributed by atoms with van der Waals surface area (Å²) in [5.41, 5.74) is 3.68. The average molecular weight is 229 g/mol. The molecule has 3 nitrogen and oxygen atoms in total. The van der Waals surface area contributed by atoms with E-state index in [0.717, 1.165) is 24.8 Å². The van der Waals surface area contributed by atoms with Crippen molar-refractivity contribution in [1.29, 1.82) is 0 Å². The Labute approximate surface area is 101 Å². The molecule has 1 aliphatic heterocycles. The number of rotatable bonds is 2. The molecule has 0 aliphatic carbocycles. The second-order valence-corrected chi connectivity index (χ2v) is 4.21. The summed E-state index contributed by atoms with van der Waals surface area (Å²) in [6.07, 6.45) is 6.85. The molecule has 0 bridgehead atoms. The summed E-state index contributed by atoms with van der Waals surface area (Å²) >= 11 is 0. The van der Waals surface area contributed by atoms with Crippen molar-refractivity contribution in [2.45, 2.75) is 25.8 Å². The summed E-state index contributed by atoms with van der Waals surface area (Å²) < 4.78 is 0. The Morgan fingerprint density at radius 3 is 3.06 bits per heavy atom. The lowest BCUT2D eigenvalue weighted by Crippen LogP contribution is -2.35. The normalized spacial score (nSPS) is 13.9. The van der Waals surface area contributed by atoms with Crippen molar-refractivity contribution in [3.05, 3.63) is 34.9 Å². The molecule has 0 aromatic heterocycles.